The van der Waals surface area contributed by atoms with E-state index < -0.39 is 0 Å². The Morgan fingerprint density at radius 2 is 2.11 bits per heavy atom. The van der Waals surface area contributed by atoms with Crippen LogP contribution in [0.5, 0.6) is 0 Å². The molecule has 2 rings (SSSR count). The summed E-state index contributed by atoms with van der Waals surface area (Å²) in [6, 6.07) is 8.66. The van der Waals surface area contributed by atoms with Crippen LogP contribution in [0.4, 0.5) is 0 Å². The third-order valence-corrected chi connectivity index (χ3v) is 4.07. The van der Waals surface area contributed by atoms with E-state index in [0.717, 1.165) is 25.9 Å². The van der Waals surface area contributed by atoms with Gasteiger partial charge in [0.15, 0.2) is 0 Å². The van der Waals surface area contributed by atoms with Crippen molar-refractivity contribution in [2.45, 2.75) is 51.6 Å². The molecular weight excluding hydrogens is 236 g/mol. The number of hydrogen-bond acceptors (Lipinski definition) is 2. The molecule has 1 N–H and O–H groups in total. The number of rotatable bonds is 7. The van der Waals surface area contributed by atoms with E-state index in [0.29, 0.717) is 18.6 Å². The van der Waals surface area contributed by atoms with Gasteiger partial charge in [-0.25, -0.2) is 0 Å². The first-order valence-electron chi connectivity index (χ1n) is 7.56. The van der Waals surface area contributed by atoms with Crippen molar-refractivity contribution in [2.24, 2.45) is 5.92 Å². The molecule has 0 aliphatic carbocycles. The number of aliphatic hydroxyl groups is 1. The van der Waals surface area contributed by atoms with Crippen molar-refractivity contribution in [3.8, 4) is 0 Å². The average Bonchev–Trinajstić information content (AvgIpc) is 2.93. The predicted molar refractivity (Wildman–Crippen MR) is 78.3 cm³/mol. The van der Waals surface area contributed by atoms with E-state index in [9.17, 15) is 5.11 Å². The molecule has 2 unspecified atom stereocenters. The second-order valence-corrected chi connectivity index (χ2v) is 5.80. The van der Waals surface area contributed by atoms with E-state index in [1.54, 1.807) is 0 Å². The molecule has 19 heavy (non-hydrogen) atoms. The fourth-order valence-corrected chi connectivity index (χ4v) is 2.82. The first kappa shape index (κ1) is 14.5. The first-order valence-corrected chi connectivity index (χ1v) is 7.56. The molecule has 1 fully saturated rings. The minimum Gasteiger partial charge on any atom is -0.396 e. The summed E-state index contributed by atoms with van der Waals surface area (Å²) in [5, 5.41) is 9.50. The molecular formula is C17H26O2. The topological polar surface area (TPSA) is 29.5 Å². The van der Waals surface area contributed by atoms with Crippen molar-refractivity contribution in [1.82, 2.24) is 0 Å². The Morgan fingerprint density at radius 1 is 1.32 bits per heavy atom. The molecule has 1 aliphatic heterocycles. The Balaban J connectivity index is 1.71. The van der Waals surface area contributed by atoms with Gasteiger partial charge in [0.05, 0.1) is 6.10 Å². The molecule has 1 heterocycles. The fourth-order valence-electron chi connectivity index (χ4n) is 2.82. The van der Waals surface area contributed by atoms with Crippen LogP contribution in [0.25, 0.3) is 0 Å². The average molecular weight is 262 g/mol. The summed E-state index contributed by atoms with van der Waals surface area (Å²) < 4.78 is 5.64. The van der Waals surface area contributed by atoms with Crippen molar-refractivity contribution >= 4 is 0 Å². The number of aryl methyl sites for hydroxylation is 1. The molecule has 1 aromatic carbocycles. The van der Waals surface area contributed by atoms with Gasteiger partial charge in [-0.15, -0.1) is 0 Å². The molecule has 0 bridgehead atoms. The third kappa shape index (κ3) is 4.96. The highest BCUT2D eigenvalue weighted by Gasteiger charge is 2.16. The van der Waals surface area contributed by atoms with Crippen molar-refractivity contribution in [3.63, 3.8) is 0 Å². The van der Waals surface area contributed by atoms with Crippen LogP contribution in [0.15, 0.2) is 24.3 Å². The molecule has 2 heteroatoms. The molecule has 0 amide bonds. The summed E-state index contributed by atoms with van der Waals surface area (Å²) in [6.07, 6.45) is 7.34. The molecule has 106 valence electrons. The lowest BCUT2D eigenvalue weighted by Crippen LogP contribution is -2.12. The zero-order valence-corrected chi connectivity index (χ0v) is 12.0. The molecule has 0 radical (unpaired) electrons. The molecule has 0 aromatic heterocycles. The van der Waals surface area contributed by atoms with Gasteiger partial charge in [0.25, 0.3) is 0 Å². The van der Waals surface area contributed by atoms with E-state index >= 15 is 0 Å². The van der Waals surface area contributed by atoms with E-state index in [4.69, 9.17) is 4.74 Å². The Morgan fingerprint density at radius 3 is 2.74 bits per heavy atom. The molecule has 2 atom stereocenters. The van der Waals surface area contributed by atoms with Gasteiger partial charge in [-0.1, -0.05) is 36.2 Å². The molecule has 0 spiro atoms. The maximum Gasteiger partial charge on any atom is 0.0576 e. The fraction of sp³-hybridized carbons (Fsp3) is 0.647. The van der Waals surface area contributed by atoms with Crippen molar-refractivity contribution < 1.29 is 9.84 Å². The highest BCUT2D eigenvalue weighted by Crippen LogP contribution is 2.21. The molecule has 0 saturated carbocycles. The van der Waals surface area contributed by atoms with E-state index in [1.165, 1.54) is 30.4 Å². The minimum atomic E-state index is 0.291. The van der Waals surface area contributed by atoms with Crippen LogP contribution in [0.3, 0.4) is 0 Å². The van der Waals surface area contributed by atoms with Crippen LogP contribution >= 0.6 is 0 Å². The monoisotopic (exact) mass is 262 g/mol. The van der Waals surface area contributed by atoms with Gasteiger partial charge < -0.3 is 9.84 Å². The molecule has 1 saturated heterocycles. The predicted octanol–water partition coefficient (Wildman–Crippen LogP) is 3.50. The lowest BCUT2D eigenvalue weighted by molar-refractivity contribution is 0.0990. The second-order valence-electron chi connectivity index (χ2n) is 5.80. The largest absolute Gasteiger partial charge is 0.396 e. The standard InChI is InChI=1S/C17H26O2/c1-14-7-9-15(10-8-14)12-16(13-18)4-2-5-17-6-3-11-19-17/h7-10,16-18H,2-6,11-13H2,1H3. The van der Waals surface area contributed by atoms with E-state index in [2.05, 4.69) is 31.2 Å². The Kier molecular flexibility index (Phi) is 5.87. The third-order valence-electron chi connectivity index (χ3n) is 4.07. The van der Waals surface area contributed by atoms with Gasteiger partial charge in [0.2, 0.25) is 0 Å². The van der Waals surface area contributed by atoms with Crippen LogP contribution in [-0.2, 0) is 11.2 Å². The van der Waals surface area contributed by atoms with Crippen molar-refractivity contribution in [1.29, 1.82) is 0 Å². The highest BCUT2D eigenvalue weighted by molar-refractivity contribution is 5.21. The Bertz CT molecular complexity index is 352. The number of hydrogen-bond donors (Lipinski definition) is 1. The quantitative estimate of drug-likeness (QED) is 0.815. The maximum absolute atomic E-state index is 9.50. The van der Waals surface area contributed by atoms with Gasteiger partial charge in [0.1, 0.15) is 0 Å². The van der Waals surface area contributed by atoms with Crippen molar-refractivity contribution in [3.05, 3.63) is 35.4 Å². The summed E-state index contributed by atoms with van der Waals surface area (Å²) in [6.45, 7) is 3.34. The summed E-state index contributed by atoms with van der Waals surface area (Å²) in [5.41, 5.74) is 2.63. The van der Waals surface area contributed by atoms with Gasteiger partial charge in [-0.2, -0.15) is 0 Å². The molecule has 2 nitrogen and oxygen atoms in total. The SMILES string of the molecule is Cc1ccc(CC(CO)CCCC2CCCO2)cc1. The van der Waals surface area contributed by atoms with E-state index in [-0.39, 0.29) is 0 Å². The summed E-state index contributed by atoms with van der Waals surface area (Å²) in [7, 11) is 0. The summed E-state index contributed by atoms with van der Waals surface area (Å²) in [4.78, 5) is 0. The Hall–Kier alpha value is -0.860. The van der Waals surface area contributed by atoms with Gasteiger partial charge in [-0.3, -0.25) is 0 Å². The van der Waals surface area contributed by atoms with Crippen LogP contribution in [0, 0.1) is 12.8 Å². The van der Waals surface area contributed by atoms with Gasteiger partial charge >= 0.3 is 0 Å². The molecule has 1 aliphatic rings. The van der Waals surface area contributed by atoms with E-state index in [1.807, 2.05) is 0 Å². The van der Waals surface area contributed by atoms with Gasteiger partial charge in [0, 0.05) is 13.2 Å². The highest BCUT2D eigenvalue weighted by atomic mass is 16.5. The summed E-state index contributed by atoms with van der Waals surface area (Å²) in [5.74, 6) is 0.393. The van der Waals surface area contributed by atoms with Crippen LogP contribution in [0.1, 0.15) is 43.2 Å². The Labute approximate surface area is 116 Å². The van der Waals surface area contributed by atoms with Gasteiger partial charge in [-0.05, 0) is 50.5 Å². The normalized spacial score (nSPS) is 20.6. The number of aliphatic hydroxyl groups excluding tert-OH is 1. The first-order chi connectivity index (χ1) is 9.28. The summed E-state index contributed by atoms with van der Waals surface area (Å²) >= 11 is 0. The van der Waals surface area contributed by atoms with Crippen molar-refractivity contribution in [2.75, 3.05) is 13.2 Å². The molecule has 1 aromatic rings. The smallest absolute Gasteiger partial charge is 0.0576 e. The lowest BCUT2D eigenvalue weighted by Gasteiger charge is -2.15. The second kappa shape index (κ2) is 7.66. The lowest BCUT2D eigenvalue weighted by atomic mass is 9.93. The van der Waals surface area contributed by atoms with Crippen LogP contribution < -0.4 is 0 Å². The zero-order valence-electron chi connectivity index (χ0n) is 12.0. The van der Waals surface area contributed by atoms with Crippen LogP contribution in [-0.4, -0.2) is 24.4 Å². The van der Waals surface area contributed by atoms with Crippen LogP contribution in [0.2, 0.25) is 0 Å². The minimum absolute atomic E-state index is 0.291. The number of ether oxygens (including phenoxy) is 1. The zero-order chi connectivity index (χ0) is 13.5. The number of benzene rings is 1. The maximum atomic E-state index is 9.50.